The van der Waals surface area contributed by atoms with Gasteiger partial charge in [0.2, 0.25) is 6.41 Å². The zero-order valence-electron chi connectivity index (χ0n) is 11.6. The lowest BCUT2D eigenvalue weighted by Gasteiger charge is -2.15. The third kappa shape index (κ3) is 4.67. The minimum Gasteiger partial charge on any atom is -0.481 e. The van der Waals surface area contributed by atoms with Crippen molar-refractivity contribution in [1.82, 2.24) is 5.32 Å². The third-order valence-electron chi connectivity index (χ3n) is 3.01. The molecule has 0 saturated carbocycles. The second-order valence-electron chi connectivity index (χ2n) is 4.61. The van der Waals surface area contributed by atoms with Crippen LogP contribution in [0.15, 0.2) is 24.3 Å². The van der Waals surface area contributed by atoms with E-state index >= 15 is 0 Å². The van der Waals surface area contributed by atoms with Crippen molar-refractivity contribution < 1.29 is 29.4 Å². The van der Waals surface area contributed by atoms with Crippen LogP contribution in [0.5, 0.6) is 0 Å². The highest BCUT2D eigenvalue weighted by molar-refractivity contribution is 6.02. The first-order chi connectivity index (χ1) is 10.4. The van der Waals surface area contributed by atoms with Gasteiger partial charge in [-0.05, 0) is 5.56 Å². The number of hydrogen-bond donors (Lipinski definition) is 4. The Kier molecular flexibility index (Phi) is 6.21. The molecule has 0 radical (unpaired) electrons. The zero-order valence-corrected chi connectivity index (χ0v) is 11.6. The van der Waals surface area contributed by atoms with E-state index in [-0.39, 0.29) is 18.4 Å². The first-order valence-corrected chi connectivity index (χ1v) is 6.38. The van der Waals surface area contributed by atoms with E-state index in [1.165, 1.54) is 12.1 Å². The van der Waals surface area contributed by atoms with Crippen LogP contribution in [0.25, 0.3) is 0 Å². The molecule has 0 bridgehead atoms. The van der Waals surface area contributed by atoms with Crippen molar-refractivity contribution >= 4 is 24.1 Å². The van der Waals surface area contributed by atoms with Crippen LogP contribution in [-0.2, 0) is 20.8 Å². The molecular weight excluding hydrogens is 292 g/mol. The Hall–Kier alpha value is -2.74. The summed E-state index contributed by atoms with van der Waals surface area (Å²) >= 11 is 0. The Morgan fingerprint density at radius 1 is 1.23 bits per heavy atom. The maximum atomic E-state index is 12.2. The van der Waals surface area contributed by atoms with Gasteiger partial charge in [0.1, 0.15) is 6.04 Å². The SMILES string of the molecule is N[C@@H](CC(=O)O)C(=O)c1ccccc1C[C@H](NC=O)C(=O)O. The fourth-order valence-electron chi connectivity index (χ4n) is 1.94. The van der Waals surface area contributed by atoms with Gasteiger partial charge in [-0.15, -0.1) is 0 Å². The number of rotatable bonds is 9. The number of nitrogens with one attached hydrogen (secondary N) is 1. The molecule has 8 heteroatoms. The number of carboxylic acids is 2. The van der Waals surface area contributed by atoms with Gasteiger partial charge < -0.3 is 21.3 Å². The number of carbonyl (C=O) groups is 4. The summed E-state index contributed by atoms with van der Waals surface area (Å²) in [6.07, 6.45) is -0.378. The molecule has 0 aromatic heterocycles. The largest absolute Gasteiger partial charge is 0.481 e. The molecule has 118 valence electrons. The number of aliphatic carboxylic acids is 2. The van der Waals surface area contributed by atoms with Gasteiger partial charge in [0.15, 0.2) is 5.78 Å². The highest BCUT2D eigenvalue weighted by atomic mass is 16.4. The molecule has 0 saturated heterocycles. The Bertz CT molecular complexity index is 586. The highest BCUT2D eigenvalue weighted by Crippen LogP contribution is 2.14. The maximum Gasteiger partial charge on any atom is 0.326 e. The van der Waals surface area contributed by atoms with E-state index in [0.29, 0.717) is 5.56 Å². The number of carboxylic acid groups (broad SMARTS) is 2. The molecule has 1 rings (SSSR count). The lowest BCUT2D eigenvalue weighted by atomic mass is 9.94. The summed E-state index contributed by atoms with van der Waals surface area (Å²) in [5.41, 5.74) is 6.07. The van der Waals surface area contributed by atoms with Gasteiger partial charge in [0.25, 0.3) is 0 Å². The van der Waals surface area contributed by atoms with Gasteiger partial charge in [-0.25, -0.2) is 4.79 Å². The Balaban J connectivity index is 3.02. The summed E-state index contributed by atoms with van der Waals surface area (Å²) in [5.74, 6) is -3.04. The van der Waals surface area contributed by atoms with E-state index in [4.69, 9.17) is 15.9 Å². The molecule has 1 amide bonds. The van der Waals surface area contributed by atoms with Crippen molar-refractivity contribution in [3.8, 4) is 0 Å². The van der Waals surface area contributed by atoms with Crippen LogP contribution in [0.2, 0.25) is 0 Å². The average Bonchev–Trinajstić information content (AvgIpc) is 2.45. The van der Waals surface area contributed by atoms with Gasteiger partial charge in [-0.3, -0.25) is 14.4 Å². The highest BCUT2D eigenvalue weighted by Gasteiger charge is 2.24. The molecule has 0 aliphatic heterocycles. The normalized spacial score (nSPS) is 13.0. The van der Waals surface area contributed by atoms with Gasteiger partial charge in [0, 0.05) is 12.0 Å². The van der Waals surface area contributed by atoms with Gasteiger partial charge in [0.05, 0.1) is 12.5 Å². The number of nitrogens with two attached hydrogens (primary N) is 1. The Morgan fingerprint density at radius 3 is 2.41 bits per heavy atom. The van der Waals surface area contributed by atoms with Crippen LogP contribution in [0.3, 0.4) is 0 Å². The van der Waals surface area contributed by atoms with Crippen LogP contribution in [0.1, 0.15) is 22.3 Å². The second-order valence-corrected chi connectivity index (χ2v) is 4.61. The van der Waals surface area contributed by atoms with Crippen molar-refractivity contribution in [2.75, 3.05) is 0 Å². The summed E-state index contributed by atoms with van der Waals surface area (Å²) in [6.45, 7) is 0. The zero-order chi connectivity index (χ0) is 16.7. The van der Waals surface area contributed by atoms with Crippen LogP contribution in [-0.4, -0.2) is 46.4 Å². The van der Waals surface area contributed by atoms with Crippen molar-refractivity contribution in [3.63, 3.8) is 0 Å². The van der Waals surface area contributed by atoms with E-state index in [0.717, 1.165) is 0 Å². The molecule has 2 atom stereocenters. The summed E-state index contributed by atoms with van der Waals surface area (Å²) in [4.78, 5) is 44.3. The predicted octanol–water partition coefficient (Wildman–Crippen LogP) is -0.587. The Morgan fingerprint density at radius 2 is 1.86 bits per heavy atom. The fourth-order valence-corrected chi connectivity index (χ4v) is 1.94. The topological polar surface area (TPSA) is 147 Å². The van der Waals surface area contributed by atoms with E-state index in [1.54, 1.807) is 12.1 Å². The lowest BCUT2D eigenvalue weighted by Crippen LogP contribution is -2.38. The molecule has 1 aromatic rings. The lowest BCUT2D eigenvalue weighted by molar-refractivity contribution is -0.140. The average molecular weight is 308 g/mol. The molecule has 0 fully saturated rings. The smallest absolute Gasteiger partial charge is 0.326 e. The fraction of sp³-hybridized carbons (Fsp3) is 0.286. The third-order valence-corrected chi connectivity index (χ3v) is 3.01. The first kappa shape index (κ1) is 17.3. The van der Waals surface area contributed by atoms with Crippen molar-refractivity contribution in [2.24, 2.45) is 5.73 Å². The number of hydrogen-bond acceptors (Lipinski definition) is 5. The molecule has 8 nitrogen and oxygen atoms in total. The molecule has 0 heterocycles. The molecule has 5 N–H and O–H groups in total. The monoisotopic (exact) mass is 308 g/mol. The molecule has 0 aliphatic rings. The predicted molar refractivity (Wildman–Crippen MR) is 75.3 cm³/mol. The molecule has 0 spiro atoms. The summed E-state index contributed by atoms with van der Waals surface area (Å²) in [7, 11) is 0. The van der Waals surface area contributed by atoms with Crippen LogP contribution < -0.4 is 11.1 Å². The summed E-state index contributed by atoms with van der Waals surface area (Å²) < 4.78 is 0. The van der Waals surface area contributed by atoms with Gasteiger partial charge in [-0.2, -0.15) is 0 Å². The number of ketones is 1. The van der Waals surface area contributed by atoms with Crippen molar-refractivity contribution in [2.45, 2.75) is 24.9 Å². The number of benzene rings is 1. The van der Waals surface area contributed by atoms with Crippen LogP contribution >= 0.6 is 0 Å². The molecule has 0 unspecified atom stereocenters. The minimum atomic E-state index is -1.25. The molecule has 1 aromatic carbocycles. The minimum absolute atomic E-state index is 0.115. The summed E-state index contributed by atoms with van der Waals surface area (Å²) in [5, 5.41) is 19.8. The van der Waals surface area contributed by atoms with Gasteiger partial charge in [-0.1, -0.05) is 24.3 Å². The van der Waals surface area contributed by atoms with E-state index in [9.17, 15) is 19.2 Å². The number of amides is 1. The first-order valence-electron chi connectivity index (χ1n) is 6.38. The van der Waals surface area contributed by atoms with Crippen molar-refractivity contribution in [3.05, 3.63) is 35.4 Å². The van der Waals surface area contributed by atoms with E-state index in [2.05, 4.69) is 5.32 Å². The maximum absolute atomic E-state index is 12.2. The van der Waals surface area contributed by atoms with Gasteiger partial charge >= 0.3 is 11.9 Å². The van der Waals surface area contributed by atoms with E-state index < -0.39 is 36.2 Å². The number of carbonyl (C=O) groups excluding carboxylic acids is 2. The van der Waals surface area contributed by atoms with E-state index in [1.807, 2.05) is 0 Å². The Labute approximate surface area is 125 Å². The molecule has 22 heavy (non-hydrogen) atoms. The number of Topliss-reactive ketones (excluding diaryl/α,β-unsaturated/α-hetero) is 1. The standard InChI is InChI=1S/C14H16N2O6/c15-10(6-12(18)19)13(20)9-4-2-1-3-8(9)5-11(14(21)22)16-7-17/h1-4,7,10-11H,5-6,15H2,(H,16,17)(H,18,19)(H,21,22)/t10-,11-/m0/s1. The second kappa shape index (κ2) is 7.89. The quantitative estimate of drug-likeness (QED) is 0.352. The molecule has 0 aliphatic carbocycles. The summed E-state index contributed by atoms with van der Waals surface area (Å²) in [6, 6.07) is 3.73. The molecular formula is C14H16N2O6. The van der Waals surface area contributed by atoms with Crippen LogP contribution in [0.4, 0.5) is 0 Å². The van der Waals surface area contributed by atoms with Crippen LogP contribution in [0, 0.1) is 0 Å². The van der Waals surface area contributed by atoms with Crippen molar-refractivity contribution in [1.29, 1.82) is 0 Å².